The lowest BCUT2D eigenvalue weighted by molar-refractivity contribution is 0.0566. The van der Waals surface area contributed by atoms with Crippen LogP contribution < -0.4 is 0 Å². The van der Waals surface area contributed by atoms with Crippen LogP contribution in [-0.4, -0.2) is 20.0 Å². The molecule has 0 bridgehead atoms. The fraction of sp³-hybridized carbons (Fsp3) is 0.0909. The molecule has 1 aromatic carbocycles. The van der Waals surface area contributed by atoms with Gasteiger partial charge in [0.15, 0.2) is 0 Å². The average molecular weight is 234 g/mol. The lowest BCUT2D eigenvalue weighted by Gasteiger charge is -1.98. The maximum atomic E-state index is 12.4. The molecule has 3 rings (SSSR count). The summed E-state index contributed by atoms with van der Waals surface area (Å²) in [7, 11) is 0. The van der Waals surface area contributed by atoms with Crippen LogP contribution in [0, 0.1) is 0 Å². The van der Waals surface area contributed by atoms with Gasteiger partial charge in [-0.05, 0) is 11.6 Å². The van der Waals surface area contributed by atoms with Crippen LogP contribution in [0.25, 0.3) is 22.0 Å². The van der Waals surface area contributed by atoms with Crippen molar-refractivity contribution in [2.75, 3.05) is 0 Å². The quantitative estimate of drug-likeness (QED) is 0.741. The van der Waals surface area contributed by atoms with Gasteiger partial charge in [-0.15, -0.1) is 0 Å². The van der Waals surface area contributed by atoms with Gasteiger partial charge in [0, 0.05) is 17.1 Å². The van der Waals surface area contributed by atoms with Gasteiger partial charge in [0.1, 0.15) is 0 Å². The van der Waals surface area contributed by atoms with E-state index >= 15 is 0 Å². The monoisotopic (exact) mass is 234 g/mol. The minimum absolute atomic E-state index is 0.631. The minimum Gasteiger partial charge on any atom is -0.278 e. The van der Waals surface area contributed by atoms with E-state index in [-0.39, 0.29) is 0 Å². The lowest BCUT2D eigenvalue weighted by atomic mass is 10.1. The van der Waals surface area contributed by atoms with E-state index in [9.17, 15) is 8.78 Å². The second kappa shape index (κ2) is 3.65. The van der Waals surface area contributed by atoms with Gasteiger partial charge in [0.05, 0.1) is 17.9 Å². The van der Waals surface area contributed by atoms with Crippen molar-refractivity contribution in [3.05, 3.63) is 36.8 Å². The van der Waals surface area contributed by atoms with Crippen molar-refractivity contribution >= 4 is 10.9 Å². The molecule has 0 amide bonds. The number of benzene rings is 1. The molecular formula is C11H8F2N4. The predicted molar refractivity (Wildman–Crippen MR) is 58.6 cm³/mol. The first-order valence-electron chi connectivity index (χ1n) is 5.00. The van der Waals surface area contributed by atoms with Crippen molar-refractivity contribution in [3.8, 4) is 11.1 Å². The van der Waals surface area contributed by atoms with Crippen LogP contribution in [0.1, 0.15) is 6.55 Å². The van der Waals surface area contributed by atoms with Crippen molar-refractivity contribution in [1.82, 2.24) is 20.0 Å². The Morgan fingerprint density at radius 2 is 2.06 bits per heavy atom. The second-order valence-corrected chi connectivity index (χ2v) is 3.66. The van der Waals surface area contributed by atoms with Gasteiger partial charge in [-0.25, -0.2) is 4.68 Å². The molecule has 0 unspecified atom stereocenters. The van der Waals surface area contributed by atoms with Crippen molar-refractivity contribution in [2.24, 2.45) is 0 Å². The molecule has 0 aliphatic rings. The summed E-state index contributed by atoms with van der Waals surface area (Å²) in [5.74, 6) is 0. The van der Waals surface area contributed by atoms with E-state index in [1.807, 2.05) is 18.2 Å². The number of halogens is 2. The number of H-pyrrole nitrogens is 1. The summed E-state index contributed by atoms with van der Waals surface area (Å²) in [6.07, 6.45) is 4.45. The van der Waals surface area contributed by atoms with Gasteiger partial charge < -0.3 is 0 Å². The molecule has 86 valence electrons. The molecule has 17 heavy (non-hydrogen) atoms. The maximum Gasteiger partial charge on any atom is 0.333 e. The number of fused-ring (bicyclic) bond motifs is 1. The molecule has 6 heteroatoms. The van der Waals surface area contributed by atoms with E-state index in [0.29, 0.717) is 10.2 Å². The minimum atomic E-state index is -2.61. The molecule has 2 heterocycles. The Hall–Kier alpha value is -2.24. The van der Waals surface area contributed by atoms with Gasteiger partial charge in [-0.2, -0.15) is 19.0 Å². The van der Waals surface area contributed by atoms with Crippen LogP contribution in [0.3, 0.4) is 0 Å². The van der Waals surface area contributed by atoms with E-state index in [4.69, 9.17) is 0 Å². The molecule has 0 aliphatic heterocycles. The molecule has 0 aliphatic carbocycles. The lowest BCUT2D eigenvalue weighted by Crippen LogP contribution is -1.96. The van der Waals surface area contributed by atoms with Gasteiger partial charge in [-0.3, -0.25) is 5.10 Å². The molecule has 0 atom stereocenters. The third-order valence-corrected chi connectivity index (χ3v) is 2.58. The summed E-state index contributed by atoms with van der Waals surface area (Å²) >= 11 is 0. The highest BCUT2D eigenvalue weighted by molar-refractivity contribution is 5.83. The summed E-state index contributed by atoms with van der Waals surface area (Å²) in [4.78, 5) is 0. The summed E-state index contributed by atoms with van der Waals surface area (Å²) in [5.41, 5.74) is 2.35. The van der Waals surface area contributed by atoms with E-state index in [0.717, 1.165) is 16.5 Å². The van der Waals surface area contributed by atoms with Crippen molar-refractivity contribution in [2.45, 2.75) is 6.55 Å². The van der Waals surface area contributed by atoms with Gasteiger partial charge in [-0.1, -0.05) is 12.1 Å². The first kappa shape index (κ1) is 9.95. The average Bonchev–Trinajstić information content (AvgIpc) is 2.97. The molecule has 0 spiro atoms. The third-order valence-electron chi connectivity index (χ3n) is 2.58. The smallest absolute Gasteiger partial charge is 0.278 e. The standard InChI is InChI=1S/C11H8F2N4/c12-11(13)17-6-9(5-15-17)7-1-2-8-4-14-16-10(8)3-7/h1-6,11H,(H,14,16). The van der Waals surface area contributed by atoms with Gasteiger partial charge >= 0.3 is 6.55 Å². The number of aromatic amines is 1. The number of hydrogen-bond acceptors (Lipinski definition) is 2. The maximum absolute atomic E-state index is 12.4. The van der Waals surface area contributed by atoms with Crippen LogP contribution in [0.4, 0.5) is 8.78 Å². The Morgan fingerprint density at radius 3 is 2.82 bits per heavy atom. The second-order valence-electron chi connectivity index (χ2n) is 3.66. The summed E-state index contributed by atoms with van der Waals surface area (Å²) in [6, 6.07) is 5.59. The number of rotatable bonds is 2. The van der Waals surface area contributed by atoms with Crippen LogP contribution in [0.2, 0.25) is 0 Å². The Balaban J connectivity index is 2.06. The fourth-order valence-corrected chi connectivity index (χ4v) is 1.71. The third kappa shape index (κ3) is 1.67. The Morgan fingerprint density at radius 1 is 1.18 bits per heavy atom. The van der Waals surface area contributed by atoms with Crippen LogP contribution >= 0.6 is 0 Å². The summed E-state index contributed by atoms with van der Waals surface area (Å²) < 4.78 is 25.4. The van der Waals surface area contributed by atoms with Crippen molar-refractivity contribution < 1.29 is 8.78 Å². The van der Waals surface area contributed by atoms with Crippen LogP contribution in [0.5, 0.6) is 0 Å². The first-order chi connectivity index (χ1) is 8.24. The summed E-state index contributed by atoms with van der Waals surface area (Å²) in [6.45, 7) is -2.61. The van der Waals surface area contributed by atoms with Crippen molar-refractivity contribution in [3.63, 3.8) is 0 Å². The summed E-state index contributed by atoms with van der Waals surface area (Å²) in [5, 5.41) is 11.3. The molecule has 0 radical (unpaired) electrons. The molecule has 1 N–H and O–H groups in total. The SMILES string of the molecule is FC(F)n1cc(-c2ccc3cn[nH]c3c2)cn1. The molecular weight excluding hydrogens is 226 g/mol. The highest BCUT2D eigenvalue weighted by Gasteiger charge is 2.09. The molecule has 0 saturated heterocycles. The molecule has 0 saturated carbocycles. The number of nitrogens with one attached hydrogen (secondary N) is 1. The van der Waals surface area contributed by atoms with E-state index in [1.165, 1.54) is 12.4 Å². The molecule has 2 aromatic heterocycles. The predicted octanol–water partition coefficient (Wildman–Crippen LogP) is 2.82. The molecule has 3 aromatic rings. The number of hydrogen-bond donors (Lipinski definition) is 1. The van der Waals surface area contributed by atoms with Gasteiger partial charge in [0.25, 0.3) is 0 Å². The largest absolute Gasteiger partial charge is 0.333 e. The Labute approximate surface area is 94.9 Å². The zero-order chi connectivity index (χ0) is 11.8. The number of nitrogens with zero attached hydrogens (tertiary/aromatic N) is 3. The van der Waals surface area contributed by atoms with E-state index < -0.39 is 6.55 Å². The number of aromatic nitrogens is 4. The topological polar surface area (TPSA) is 46.5 Å². The zero-order valence-electron chi connectivity index (χ0n) is 8.64. The first-order valence-corrected chi connectivity index (χ1v) is 5.00. The molecule has 0 fully saturated rings. The van der Waals surface area contributed by atoms with Crippen LogP contribution in [-0.2, 0) is 0 Å². The van der Waals surface area contributed by atoms with Gasteiger partial charge in [0.2, 0.25) is 0 Å². The number of alkyl halides is 2. The highest BCUT2D eigenvalue weighted by Crippen LogP contribution is 2.24. The highest BCUT2D eigenvalue weighted by atomic mass is 19.3. The Bertz CT molecular complexity index is 656. The van der Waals surface area contributed by atoms with E-state index in [1.54, 1.807) is 6.20 Å². The normalized spacial score (nSPS) is 11.5. The fourth-order valence-electron chi connectivity index (χ4n) is 1.71. The Kier molecular flexibility index (Phi) is 2.14. The molecule has 4 nitrogen and oxygen atoms in total. The van der Waals surface area contributed by atoms with Crippen LogP contribution in [0.15, 0.2) is 36.8 Å². The zero-order valence-corrected chi connectivity index (χ0v) is 8.64. The van der Waals surface area contributed by atoms with Crippen molar-refractivity contribution in [1.29, 1.82) is 0 Å². The van der Waals surface area contributed by atoms with E-state index in [2.05, 4.69) is 15.3 Å².